The van der Waals surface area contributed by atoms with E-state index in [1.165, 1.54) is 0 Å². The Morgan fingerprint density at radius 3 is 2.57 bits per heavy atom. The van der Waals surface area contributed by atoms with Crippen LogP contribution in [0, 0.1) is 56.5 Å². The number of nitrogens with one attached hydrogen (secondary N) is 1. The Balaban J connectivity index is 1.46. The lowest BCUT2D eigenvalue weighted by Gasteiger charge is -2.60. The maximum Gasteiger partial charge on any atom is 0.222 e. The number of carbonyl (C=O) groups excluding carboxylic acids is 2. The van der Waals surface area contributed by atoms with Crippen LogP contribution in [0.15, 0.2) is 0 Å². The van der Waals surface area contributed by atoms with Crippen LogP contribution in [-0.2, 0) is 9.59 Å². The minimum absolute atomic E-state index is 0.0535. The maximum atomic E-state index is 13.6. The molecule has 4 rings (SSSR count). The Bertz CT molecular complexity index is 865. The predicted molar refractivity (Wildman–Crippen MR) is 139 cm³/mol. The molecule has 0 aromatic carbocycles. The van der Waals surface area contributed by atoms with Crippen molar-refractivity contribution in [2.45, 2.75) is 96.6 Å². The van der Waals surface area contributed by atoms with E-state index in [1.54, 1.807) is 0 Å². The number of rotatable bonds is 7. The molecule has 0 spiro atoms. The van der Waals surface area contributed by atoms with Gasteiger partial charge in [0.05, 0.1) is 12.6 Å². The molecule has 2 N–H and O–H groups in total. The molecule has 10 atom stereocenters. The molecule has 0 aromatic rings. The Kier molecular flexibility index (Phi) is 7.30. The van der Waals surface area contributed by atoms with Gasteiger partial charge in [0, 0.05) is 32.5 Å². The van der Waals surface area contributed by atoms with Crippen LogP contribution < -0.4 is 5.32 Å². The van der Waals surface area contributed by atoms with Gasteiger partial charge in [-0.1, -0.05) is 27.7 Å². The molecule has 0 heterocycles. The molecule has 8 heteroatoms. The summed E-state index contributed by atoms with van der Waals surface area (Å²) < 4.78 is 0. The molecule has 35 heavy (non-hydrogen) atoms. The summed E-state index contributed by atoms with van der Waals surface area (Å²) in [7, 11) is 0.698. The number of ketones is 1. The van der Waals surface area contributed by atoms with Crippen molar-refractivity contribution in [1.29, 1.82) is 0 Å². The summed E-state index contributed by atoms with van der Waals surface area (Å²) >= 11 is 0. The van der Waals surface area contributed by atoms with Gasteiger partial charge < -0.3 is 10.4 Å². The van der Waals surface area contributed by atoms with Crippen molar-refractivity contribution in [2.75, 3.05) is 13.1 Å². The summed E-state index contributed by atoms with van der Waals surface area (Å²) in [6.45, 7) is 8.98. The monoisotopic (exact) mass is 506 g/mol. The fourth-order valence-corrected chi connectivity index (χ4v) is 10.2. The topological polar surface area (TPSA) is 110 Å². The number of aliphatic hydroxyl groups excluding tert-OH is 1. The number of aliphatic hydroxyl groups is 1. The zero-order valence-corrected chi connectivity index (χ0v) is 24.3. The summed E-state index contributed by atoms with van der Waals surface area (Å²) in [5.74, 6) is 2.65. The van der Waals surface area contributed by atoms with Crippen LogP contribution >= 0.6 is 0 Å². The van der Waals surface area contributed by atoms with Gasteiger partial charge in [-0.05, 0) is 91.8 Å². The Morgan fingerprint density at radius 2 is 1.89 bits per heavy atom. The third kappa shape index (κ3) is 4.74. The van der Waals surface area contributed by atoms with Crippen molar-refractivity contribution in [3.05, 3.63) is 10.1 Å². The first-order chi connectivity index (χ1) is 16.3. The molecule has 4 aliphatic rings. The van der Waals surface area contributed by atoms with E-state index in [4.69, 9.17) is 0 Å². The summed E-state index contributed by atoms with van der Waals surface area (Å²) in [6, 6.07) is 0. The minimum atomic E-state index is -0.452. The fraction of sp³-hybridized carbons (Fsp3) is 0.926. The van der Waals surface area contributed by atoms with Gasteiger partial charge in [-0.2, -0.15) is 0 Å². The van der Waals surface area contributed by atoms with Gasteiger partial charge in [0.25, 0.3) is 0 Å². The van der Waals surface area contributed by atoms with Crippen molar-refractivity contribution in [3.8, 4) is 0 Å². The van der Waals surface area contributed by atoms with Gasteiger partial charge >= 0.3 is 0 Å². The van der Waals surface area contributed by atoms with Gasteiger partial charge in [-0.25, -0.2) is 0 Å². The summed E-state index contributed by atoms with van der Waals surface area (Å²) in [6.07, 6.45) is 8.39. The molecule has 0 aromatic heterocycles. The summed E-state index contributed by atoms with van der Waals surface area (Å²) in [5.41, 5.74) is 0.311. The molecule has 0 bridgehead atoms. The molecule has 198 valence electrons. The van der Waals surface area contributed by atoms with E-state index in [0.717, 1.165) is 51.4 Å². The summed E-state index contributed by atoms with van der Waals surface area (Å²) in [5, 5.41) is 23.2. The highest BCUT2D eigenvalue weighted by atomic mass is 28.1. The Morgan fingerprint density at radius 1 is 1.23 bits per heavy atom. The van der Waals surface area contributed by atoms with Crippen molar-refractivity contribution in [2.24, 2.45) is 46.3 Å². The molecule has 0 radical (unpaired) electrons. The highest BCUT2D eigenvalue weighted by molar-refractivity contribution is 6.27. The van der Waals surface area contributed by atoms with Gasteiger partial charge in [-0.3, -0.25) is 19.7 Å². The number of carbonyl (C=O) groups is 2. The quantitative estimate of drug-likeness (QED) is 0.313. The largest absolute Gasteiger partial charge is 0.393 e. The number of hydrogen-bond donors (Lipinski definition) is 2. The van der Waals surface area contributed by atoms with Crippen LogP contribution in [0.4, 0.5) is 0 Å². The lowest BCUT2D eigenvalue weighted by Crippen LogP contribution is -2.57. The third-order valence-corrected chi connectivity index (χ3v) is 12.1. The Hall–Kier alpha value is -1.28. The third-order valence-electron chi connectivity index (χ3n) is 11.2. The van der Waals surface area contributed by atoms with Crippen molar-refractivity contribution in [1.82, 2.24) is 5.32 Å². The van der Waals surface area contributed by atoms with E-state index in [-0.39, 0.29) is 41.8 Å². The second kappa shape index (κ2) is 9.55. The first-order valence-corrected chi connectivity index (χ1v) is 14.9. The van der Waals surface area contributed by atoms with Gasteiger partial charge in [0.1, 0.15) is 5.78 Å². The lowest BCUT2D eigenvalue weighted by molar-refractivity contribution is -0.477. The van der Waals surface area contributed by atoms with Crippen molar-refractivity contribution in [3.63, 3.8) is 0 Å². The van der Waals surface area contributed by atoms with Crippen LogP contribution in [0.2, 0.25) is 5.04 Å². The molecular weight excluding hydrogens is 460 g/mol. The average molecular weight is 507 g/mol. The van der Waals surface area contributed by atoms with Crippen molar-refractivity contribution < 1.29 is 19.6 Å². The standard InChI is InChI=1S/C27H46N2O5Si/c1-16(15-27(4,35)24(32)28-11-12-29(33)34)19-5-6-20-23-21(8-10-26(19,20)3)25(2)9-7-18(30)13-17(25)14-22(23)31/h16-21,23,30H,5-15H2,1-4,35H3,(H,28,32). The molecule has 0 aliphatic heterocycles. The normalized spacial score (nSPS) is 43.4. The van der Waals surface area contributed by atoms with Crippen LogP contribution in [0.3, 0.4) is 0 Å². The molecule has 0 saturated heterocycles. The van der Waals surface area contributed by atoms with Gasteiger partial charge in [-0.15, -0.1) is 0 Å². The zero-order chi connectivity index (χ0) is 25.8. The van der Waals surface area contributed by atoms with Crippen LogP contribution in [0.5, 0.6) is 0 Å². The fourth-order valence-electron chi connectivity index (χ4n) is 9.42. The van der Waals surface area contributed by atoms with E-state index < -0.39 is 9.96 Å². The average Bonchev–Trinajstić information content (AvgIpc) is 3.11. The molecule has 1 amide bonds. The van der Waals surface area contributed by atoms with Crippen molar-refractivity contribution >= 4 is 21.9 Å². The van der Waals surface area contributed by atoms with Gasteiger partial charge in [0.15, 0.2) is 0 Å². The molecule has 10 unspecified atom stereocenters. The maximum absolute atomic E-state index is 13.6. The highest BCUT2D eigenvalue weighted by Crippen LogP contribution is 2.67. The van der Waals surface area contributed by atoms with E-state index >= 15 is 0 Å². The lowest BCUT2D eigenvalue weighted by atomic mass is 9.44. The highest BCUT2D eigenvalue weighted by Gasteiger charge is 2.63. The molecule has 4 saturated carbocycles. The smallest absolute Gasteiger partial charge is 0.222 e. The number of hydrogen-bond acceptors (Lipinski definition) is 5. The minimum Gasteiger partial charge on any atom is -0.393 e. The van der Waals surface area contributed by atoms with Gasteiger partial charge in [0.2, 0.25) is 12.5 Å². The first-order valence-electron chi connectivity index (χ1n) is 13.9. The van der Waals surface area contributed by atoms with Crippen LogP contribution in [-0.4, -0.2) is 51.2 Å². The zero-order valence-electron chi connectivity index (χ0n) is 22.3. The van der Waals surface area contributed by atoms with E-state index in [2.05, 4.69) is 26.1 Å². The van der Waals surface area contributed by atoms with E-state index in [1.807, 2.05) is 6.92 Å². The number of nitrogens with zero attached hydrogens (tertiary/aromatic N) is 1. The second-order valence-electron chi connectivity index (χ2n) is 13.6. The number of amides is 1. The van der Waals surface area contributed by atoms with E-state index in [0.29, 0.717) is 52.0 Å². The predicted octanol–water partition coefficient (Wildman–Crippen LogP) is 3.15. The summed E-state index contributed by atoms with van der Waals surface area (Å²) in [4.78, 5) is 36.6. The number of fused-ring (bicyclic) bond motifs is 5. The van der Waals surface area contributed by atoms with Crippen LogP contribution in [0.25, 0.3) is 0 Å². The van der Waals surface area contributed by atoms with E-state index in [9.17, 15) is 24.8 Å². The second-order valence-corrected chi connectivity index (χ2v) is 15.9. The Labute approximate surface area is 213 Å². The molecule has 4 fully saturated rings. The number of nitro groups is 1. The van der Waals surface area contributed by atoms with Crippen LogP contribution in [0.1, 0.15) is 85.5 Å². The molecular formula is C27H46N2O5Si. The number of Topliss-reactive ketones (excluding diaryl/α,β-unsaturated/α-hetero) is 1. The first kappa shape index (κ1) is 26.8. The molecule has 7 nitrogen and oxygen atoms in total. The molecule has 4 aliphatic carbocycles. The SMILES string of the molecule is CC(CC(C)([SiH3])C(=O)NCC[N+](=O)[O-])C1CCC2C3C(=O)CC4CC(O)CCC4(C)C3CCC12C.